The highest BCUT2D eigenvalue weighted by Gasteiger charge is 2.29. The summed E-state index contributed by atoms with van der Waals surface area (Å²) in [6.45, 7) is 6.98. The number of para-hydroxylation sites is 1. The van der Waals surface area contributed by atoms with Crippen molar-refractivity contribution < 1.29 is 4.79 Å². The molecule has 3 fully saturated rings. The van der Waals surface area contributed by atoms with Crippen LogP contribution in [0.5, 0.6) is 0 Å². The molecule has 1 atom stereocenters. The van der Waals surface area contributed by atoms with Crippen molar-refractivity contribution in [3.05, 3.63) is 40.9 Å². The van der Waals surface area contributed by atoms with E-state index in [1.54, 1.807) is 6.20 Å². The van der Waals surface area contributed by atoms with Gasteiger partial charge in [0.15, 0.2) is 5.13 Å². The fourth-order valence-electron chi connectivity index (χ4n) is 5.04. The van der Waals surface area contributed by atoms with E-state index in [4.69, 9.17) is 0 Å². The van der Waals surface area contributed by atoms with Crippen LogP contribution >= 0.6 is 11.3 Å². The molecule has 0 spiro atoms. The van der Waals surface area contributed by atoms with Crippen molar-refractivity contribution in [3.8, 4) is 0 Å². The molecular weight excluding hydrogens is 392 g/mol. The maximum Gasteiger partial charge on any atom is 0.267 e. The molecule has 1 amide bonds. The van der Waals surface area contributed by atoms with Gasteiger partial charge in [-0.25, -0.2) is 4.98 Å². The molecular formula is C24H32N4OS. The number of aromatic nitrogens is 1. The third-order valence-corrected chi connectivity index (χ3v) is 7.94. The van der Waals surface area contributed by atoms with Crippen LogP contribution in [0.4, 0.5) is 10.8 Å². The van der Waals surface area contributed by atoms with Crippen molar-refractivity contribution in [2.75, 3.05) is 36.4 Å². The predicted molar refractivity (Wildman–Crippen MR) is 124 cm³/mol. The Balaban J connectivity index is 1.18. The molecule has 1 aliphatic carbocycles. The lowest BCUT2D eigenvalue weighted by Crippen LogP contribution is -2.48. The Morgan fingerprint density at radius 1 is 1.10 bits per heavy atom. The van der Waals surface area contributed by atoms with Crippen LogP contribution in [0, 0.1) is 5.92 Å². The number of hydrogen-bond donors (Lipinski definition) is 1. The third kappa shape index (κ3) is 4.40. The fraction of sp³-hybridized carbons (Fsp3) is 0.583. The van der Waals surface area contributed by atoms with Crippen LogP contribution in [0.15, 0.2) is 30.5 Å². The van der Waals surface area contributed by atoms with Gasteiger partial charge in [0.05, 0.1) is 6.20 Å². The molecule has 1 saturated carbocycles. The van der Waals surface area contributed by atoms with Crippen LogP contribution in [0.2, 0.25) is 0 Å². The second-order valence-electron chi connectivity index (χ2n) is 9.28. The third-order valence-electron chi connectivity index (χ3n) is 6.88. The van der Waals surface area contributed by atoms with Crippen molar-refractivity contribution in [2.45, 2.75) is 57.4 Å². The number of nitrogens with one attached hydrogen (secondary N) is 1. The molecule has 6 heteroatoms. The van der Waals surface area contributed by atoms with Gasteiger partial charge in [-0.1, -0.05) is 36.5 Å². The fourth-order valence-corrected chi connectivity index (χ4v) is 5.90. The Bertz CT molecular complexity index is 885. The second-order valence-corrected chi connectivity index (χ2v) is 10.3. The summed E-state index contributed by atoms with van der Waals surface area (Å²) in [5, 5.41) is 4.11. The van der Waals surface area contributed by atoms with E-state index in [0.29, 0.717) is 16.8 Å². The standard InChI is InChI=1S/C24H32N4OS/c1-17-5-4-12-28(16-17)19-10-13-27(14-11-19)24-25-15-22(30-24)23(29)26-21-7-3-2-6-20(21)18-8-9-18/h2-3,6-7,15,17-19H,4-5,8-14,16H2,1H3,(H,26,29)/t17-/m1/s1. The average Bonchev–Trinajstić information content (AvgIpc) is 3.50. The minimum absolute atomic E-state index is 0.0379. The topological polar surface area (TPSA) is 48.5 Å². The molecule has 5 rings (SSSR count). The maximum atomic E-state index is 12.8. The molecule has 0 radical (unpaired) electrons. The molecule has 3 aliphatic rings. The molecule has 0 unspecified atom stereocenters. The molecule has 1 aromatic heterocycles. The number of nitrogens with zero attached hydrogens (tertiary/aromatic N) is 3. The van der Waals surface area contributed by atoms with Gasteiger partial charge in [-0.3, -0.25) is 9.69 Å². The van der Waals surface area contributed by atoms with Gasteiger partial charge in [-0.15, -0.1) is 0 Å². The van der Waals surface area contributed by atoms with Crippen molar-refractivity contribution >= 4 is 28.1 Å². The summed E-state index contributed by atoms with van der Waals surface area (Å²) in [5.74, 6) is 1.41. The molecule has 2 aliphatic heterocycles. The molecule has 0 bridgehead atoms. The van der Waals surface area contributed by atoms with E-state index >= 15 is 0 Å². The normalized spacial score (nSPS) is 23.5. The minimum Gasteiger partial charge on any atom is -0.348 e. The van der Waals surface area contributed by atoms with Gasteiger partial charge >= 0.3 is 0 Å². The minimum atomic E-state index is -0.0379. The molecule has 160 valence electrons. The van der Waals surface area contributed by atoms with E-state index in [-0.39, 0.29) is 5.91 Å². The van der Waals surface area contributed by atoms with Crippen LogP contribution in [-0.4, -0.2) is 48.0 Å². The van der Waals surface area contributed by atoms with Gasteiger partial charge in [-0.05, 0) is 68.5 Å². The zero-order valence-corrected chi connectivity index (χ0v) is 18.7. The van der Waals surface area contributed by atoms with E-state index in [1.165, 1.54) is 68.5 Å². The molecule has 1 N–H and O–H groups in total. The summed E-state index contributed by atoms with van der Waals surface area (Å²) in [5.41, 5.74) is 2.22. The molecule has 1 aromatic carbocycles. The zero-order chi connectivity index (χ0) is 20.5. The Morgan fingerprint density at radius 3 is 2.67 bits per heavy atom. The Labute approximate surface area is 183 Å². The van der Waals surface area contributed by atoms with Crippen LogP contribution in [0.3, 0.4) is 0 Å². The highest BCUT2D eigenvalue weighted by atomic mass is 32.1. The number of amides is 1. The van der Waals surface area contributed by atoms with E-state index in [1.807, 2.05) is 12.1 Å². The lowest BCUT2D eigenvalue weighted by molar-refractivity contribution is 0.103. The van der Waals surface area contributed by atoms with E-state index < -0.39 is 0 Å². The largest absolute Gasteiger partial charge is 0.348 e. The number of anilines is 2. The van der Waals surface area contributed by atoms with Crippen LogP contribution in [-0.2, 0) is 0 Å². The number of thiazole rings is 1. The van der Waals surface area contributed by atoms with E-state index in [0.717, 1.165) is 29.8 Å². The van der Waals surface area contributed by atoms with Crippen molar-refractivity contribution in [1.82, 2.24) is 9.88 Å². The first-order valence-corrected chi connectivity index (χ1v) is 12.3. The first-order valence-electron chi connectivity index (χ1n) is 11.5. The molecule has 3 heterocycles. The van der Waals surface area contributed by atoms with Gasteiger partial charge in [0, 0.05) is 31.4 Å². The number of piperidine rings is 2. The summed E-state index contributed by atoms with van der Waals surface area (Å²) in [6.07, 6.45) is 9.31. The van der Waals surface area contributed by atoms with Crippen molar-refractivity contribution in [3.63, 3.8) is 0 Å². The predicted octanol–water partition coefficient (Wildman–Crippen LogP) is 4.97. The van der Waals surface area contributed by atoms with Crippen LogP contribution < -0.4 is 10.2 Å². The Kier molecular flexibility index (Phi) is 5.79. The summed E-state index contributed by atoms with van der Waals surface area (Å²) in [7, 11) is 0. The molecule has 2 aromatic rings. The molecule has 2 saturated heterocycles. The quantitative estimate of drug-likeness (QED) is 0.736. The number of likely N-dealkylation sites (tertiary alicyclic amines) is 1. The highest BCUT2D eigenvalue weighted by Crippen LogP contribution is 2.43. The summed E-state index contributed by atoms with van der Waals surface area (Å²) in [6, 6.07) is 8.92. The number of hydrogen-bond acceptors (Lipinski definition) is 5. The first-order chi connectivity index (χ1) is 14.7. The average molecular weight is 425 g/mol. The van der Waals surface area contributed by atoms with Gasteiger partial charge in [0.2, 0.25) is 0 Å². The molecule has 5 nitrogen and oxygen atoms in total. The van der Waals surface area contributed by atoms with Gasteiger partial charge in [-0.2, -0.15) is 0 Å². The highest BCUT2D eigenvalue weighted by molar-refractivity contribution is 7.17. The Hall–Kier alpha value is -1.92. The smallest absolute Gasteiger partial charge is 0.267 e. The van der Waals surface area contributed by atoms with Gasteiger partial charge < -0.3 is 10.2 Å². The van der Waals surface area contributed by atoms with Crippen LogP contribution in [0.25, 0.3) is 0 Å². The van der Waals surface area contributed by atoms with E-state index in [9.17, 15) is 4.79 Å². The second kappa shape index (κ2) is 8.67. The number of benzene rings is 1. The van der Waals surface area contributed by atoms with E-state index in [2.05, 4.69) is 39.2 Å². The first kappa shape index (κ1) is 20.0. The zero-order valence-electron chi connectivity index (χ0n) is 17.8. The summed E-state index contributed by atoms with van der Waals surface area (Å²) >= 11 is 1.52. The maximum absolute atomic E-state index is 12.8. The van der Waals surface area contributed by atoms with Crippen molar-refractivity contribution in [1.29, 1.82) is 0 Å². The molecule has 30 heavy (non-hydrogen) atoms. The van der Waals surface area contributed by atoms with Crippen LogP contribution in [0.1, 0.15) is 66.6 Å². The Morgan fingerprint density at radius 2 is 1.90 bits per heavy atom. The number of carbonyl (C=O) groups is 1. The number of rotatable bonds is 5. The van der Waals surface area contributed by atoms with Gasteiger partial charge in [0.1, 0.15) is 4.88 Å². The summed E-state index contributed by atoms with van der Waals surface area (Å²) < 4.78 is 0. The van der Waals surface area contributed by atoms with Gasteiger partial charge in [0.25, 0.3) is 5.91 Å². The SMILES string of the molecule is C[C@@H]1CCCN(C2CCN(c3ncc(C(=O)Nc4ccccc4C4CC4)s3)CC2)C1. The lowest BCUT2D eigenvalue weighted by Gasteiger charge is -2.41. The lowest BCUT2D eigenvalue weighted by atomic mass is 9.95. The summed E-state index contributed by atoms with van der Waals surface area (Å²) in [4.78, 5) is 23.2. The monoisotopic (exact) mass is 424 g/mol. The van der Waals surface area contributed by atoms with Crippen molar-refractivity contribution in [2.24, 2.45) is 5.92 Å². The number of carbonyl (C=O) groups excluding carboxylic acids is 1.